The molecule has 4 aliphatic rings. The molecule has 29 heavy (non-hydrogen) atoms. The Morgan fingerprint density at radius 3 is 2.83 bits per heavy atom. The van der Waals surface area contributed by atoms with Crippen LogP contribution in [0, 0.1) is 28.6 Å². The smallest absolute Gasteiger partial charge is 0.100 e. The average Bonchev–Trinajstić information content (AvgIpc) is 3.29. The van der Waals surface area contributed by atoms with E-state index < -0.39 is 0 Å². The molecule has 1 N–H and O–H groups in total. The van der Waals surface area contributed by atoms with Gasteiger partial charge in [0.2, 0.25) is 0 Å². The van der Waals surface area contributed by atoms with Gasteiger partial charge in [0.1, 0.15) is 6.33 Å². The second-order valence-corrected chi connectivity index (χ2v) is 10.6. The lowest BCUT2D eigenvalue weighted by Gasteiger charge is -2.56. The number of aliphatic hydroxyl groups excluding tert-OH is 1. The second-order valence-electron chi connectivity index (χ2n) is 10.6. The molecule has 1 aromatic heterocycles. The summed E-state index contributed by atoms with van der Waals surface area (Å²) in [5.41, 5.74) is 5.68. The van der Waals surface area contributed by atoms with Crippen LogP contribution in [0.3, 0.4) is 0 Å². The van der Waals surface area contributed by atoms with Gasteiger partial charge in [-0.3, -0.25) is 0 Å². The third-order valence-corrected chi connectivity index (χ3v) is 9.46. The molecule has 0 unspecified atom stereocenters. The molecule has 4 aliphatic carbocycles. The minimum absolute atomic E-state index is 0.0843. The van der Waals surface area contributed by atoms with Crippen molar-refractivity contribution in [1.29, 1.82) is 0 Å². The summed E-state index contributed by atoms with van der Waals surface area (Å²) < 4.78 is 2.30. The number of aliphatic hydroxyl groups is 1. The lowest BCUT2D eigenvalue weighted by molar-refractivity contribution is -0.0623. The molecule has 0 spiro atoms. The number of fused-ring (bicyclic) bond motifs is 6. The maximum absolute atomic E-state index is 10.7. The predicted molar refractivity (Wildman–Crippen MR) is 117 cm³/mol. The summed E-state index contributed by atoms with van der Waals surface area (Å²) >= 11 is 0. The van der Waals surface area contributed by atoms with Gasteiger partial charge in [-0.05, 0) is 97.3 Å². The van der Waals surface area contributed by atoms with Crippen molar-refractivity contribution in [2.45, 2.75) is 64.9 Å². The fraction of sp³-hybridized carbons (Fsp3) is 0.577. The Balaban J connectivity index is 1.37. The maximum Gasteiger partial charge on any atom is 0.100 e. The highest BCUT2D eigenvalue weighted by Gasteiger charge is 2.58. The van der Waals surface area contributed by atoms with Crippen molar-refractivity contribution in [2.75, 3.05) is 0 Å². The van der Waals surface area contributed by atoms with Crippen LogP contribution in [0.1, 0.15) is 58.8 Å². The largest absolute Gasteiger partial charge is 0.393 e. The molecule has 0 radical (unpaired) electrons. The van der Waals surface area contributed by atoms with Crippen molar-refractivity contribution in [1.82, 2.24) is 9.55 Å². The number of allylic oxidation sites excluding steroid dienone is 4. The minimum atomic E-state index is -0.0843. The first-order valence-electron chi connectivity index (χ1n) is 11.5. The summed E-state index contributed by atoms with van der Waals surface area (Å²) in [6, 6.07) is 8.44. The summed E-state index contributed by atoms with van der Waals surface area (Å²) in [6.07, 6.45) is 15.2. The van der Waals surface area contributed by atoms with Crippen LogP contribution in [-0.2, 0) is 0 Å². The lowest BCUT2D eigenvalue weighted by atomic mass is 9.48. The van der Waals surface area contributed by atoms with Gasteiger partial charge in [-0.15, -0.1) is 0 Å². The first kappa shape index (κ1) is 17.9. The van der Waals surface area contributed by atoms with Crippen molar-refractivity contribution in [3.05, 3.63) is 48.3 Å². The van der Waals surface area contributed by atoms with E-state index in [1.807, 2.05) is 6.33 Å². The molecule has 0 saturated heterocycles. The third-order valence-electron chi connectivity index (χ3n) is 9.46. The molecular weight excluding hydrogens is 356 g/mol. The van der Waals surface area contributed by atoms with Crippen LogP contribution in [0.25, 0.3) is 16.7 Å². The summed E-state index contributed by atoms with van der Waals surface area (Å²) in [4.78, 5) is 4.61. The van der Waals surface area contributed by atoms with Gasteiger partial charge in [0.05, 0.1) is 17.1 Å². The van der Waals surface area contributed by atoms with Gasteiger partial charge in [0.15, 0.2) is 0 Å². The molecule has 6 rings (SSSR count). The van der Waals surface area contributed by atoms with Gasteiger partial charge in [0, 0.05) is 5.70 Å². The highest BCUT2D eigenvalue weighted by molar-refractivity contribution is 5.79. The predicted octanol–water partition coefficient (Wildman–Crippen LogP) is 5.81. The lowest BCUT2D eigenvalue weighted by Crippen LogP contribution is -2.50. The van der Waals surface area contributed by atoms with Crippen LogP contribution < -0.4 is 0 Å². The zero-order valence-corrected chi connectivity index (χ0v) is 17.6. The van der Waals surface area contributed by atoms with Crippen molar-refractivity contribution < 1.29 is 5.11 Å². The summed E-state index contributed by atoms with van der Waals surface area (Å²) in [6.45, 7) is 4.90. The molecule has 3 nitrogen and oxygen atoms in total. The van der Waals surface area contributed by atoms with Crippen molar-refractivity contribution in [3.63, 3.8) is 0 Å². The maximum atomic E-state index is 10.7. The zero-order valence-electron chi connectivity index (χ0n) is 17.6. The number of imidazole rings is 1. The molecule has 152 valence electrons. The molecule has 0 aliphatic heterocycles. The standard InChI is InChI=1S/C26H32N2O/c1-25-13-11-18(28-16-27-22-5-3-4-6-23(22)28)15-17(25)7-8-19-20-9-10-24(29)26(20,2)14-12-21(19)25/h3-7,15-16,19-21,24,29H,8-14H2,1-2H3/t19-,20-,21-,24-,25-,26-/m0/s1. The fourth-order valence-corrected chi connectivity index (χ4v) is 7.66. The van der Waals surface area contributed by atoms with Crippen LogP contribution in [-0.4, -0.2) is 20.8 Å². The van der Waals surface area contributed by atoms with Crippen LogP contribution in [0.5, 0.6) is 0 Å². The number of para-hydroxylation sites is 2. The van der Waals surface area contributed by atoms with Crippen LogP contribution >= 0.6 is 0 Å². The van der Waals surface area contributed by atoms with Crippen molar-refractivity contribution >= 4 is 16.7 Å². The first-order chi connectivity index (χ1) is 14.0. The highest BCUT2D eigenvalue weighted by atomic mass is 16.3. The monoisotopic (exact) mass is 388 g/mol. The molecule has 1 aromatic carbocycles. The van der Waals surface area contributed by atoms with Gasteiger partial charge < -0.3 is 9.67 Å². The van der Waals surface area contributed by atoms with Crippen LogP contribution in [0.4, 0.5) is 0 Å². The molecule has 2 fully saturated rings. The molecule has 0 bridgehead atoms. The molecule has 1 heterocycles. The third kappa shape index (κ3) is 2.37. The molecule has 6 atom stereocenters. The highest BCUT2D eigenvalue weighted by Crippen LogP contribution is 2.64. The Morgan fingerprint density at radius 2 is 1.93 bits per heavy atom. The average molecular weight is 389 g/mol. The quantitative estimate of drug-likeness (QED) is 0.669. The molecule has 3 heteroatoms. The van der Waals surface area contributed by atoms with E-state index >= 15 is 0 Å². The molecule has 2 saturated carbocycles. The molecule has 2 aromatic rings. The van der Waals surface area contributed by atoms with Gasteiger partial charge in [-0.1, -0.05) is 32.1 Å². The van der Waals surface area contributed by atoms with Gasteiger partial charge >= 0.3 is 0 Å². The summed E-state index contributed by atoms with van der Waals surface area (Å²) in [5, 5.41) is 10.7. The fourth-order valence-electron chi connectivity index (χ4n) is 7.66. The number of hydrogen-bond acceptors (Lipinski definition) is 2. The van der Waals surface area contributed by atoms with Crippen molar-refractivity contribution in [3.8, 4) is 0 Å². The Kier molecular flexibility index (Phi) is 3.76. The number of hydrogen-bond donors (Lipinski definition) is 1. The van der Waals surface area contributed by atoms with E-state index in [0.29, 0.717) is 5.92 Å². The van der Waals surface area contributed by atoms with E-state index in [1.165, 1.54) is 43.3 Å². The Labute approximate surface area is 173 Å². The van der Waals surface area contributed by atoms with E-state index in [2.05, 4.69) is 59.8 Å². The number of rotatable bonds is 1. The van der Waals surface area contributed by atoms with Crippen LogP contribution in [0.2, 0.25) is 0 Å². The Hall–Kier alpha value is -1.87. The number of benzene rings is 1. The first-order valence-corrected chi connectivity index (χ1v) is 11.5. The summed E-state index contributed by atoms with van der Waals surface area (Å²) in [5.74, 6) is 2.22. The number of nitrogens with zero attached hydrogens (tertiary/aromatic N) is 2. The van der Waals surface area contributed by atoms with E-state index in [1.54, 1.807) is 5.57 Å². The van der Waals surface area contributed by atoms with Crippen molar-refractivity contribution in [2.24, 2.45) is 28.6 Å². The Bertz CT molecular complexity index is 1030. The normalized spacial score (nSPS) is 41.3. The van der Waals surface area contributed by atoms with Gasteiger partial charge in [-0.2, -0.15) is 0 Å². The van der Waals surface area contributed by atoms with E-state index in [0.717, 1.165) is 30.2 Å². The van der Waals surface area contributed by atoms with E-state index in [4.69, 9.17) is 0 Å². The summed E-state index contributed by atoms with van der Waals surface area (Å²) in [7, 11) is 0. The van der Waals surface area contributed by atoms with Gasteiger partial charge in [-0.25, -0.2) is 4.98 Å². The minimum Gasteiger partial charge on any atom is -0.393 e. The van der Waals surface area contributed by atoms with E-state index in [9.17, 15) is 5.11 Å². The SMILES string of the molecule is C[C@]12CC[C@H]3[C@@H](CC=C4C=C(n5cnc6ccccc65)CC[C@@]43C)[C@@H]1CC[C@@H]2O. The van der Waals surface area contributed by atoms with Crippen LogP contribution in [0.15, 0.2) is 48.3 Å². The number of aromatic nitrogens is 2. The topological polar surface area (TPSA) is 38.0 Å². The van der Waals surface area contributed by atoms with Gasteiger partial charge in [0.25, 0.3) is 0 Å². The Morgan fingerprint density at radius 1 is 1.07 bits per heavy atom. The van der Waals surface area contributed by atoms with E-state index in [-0.39, 0.29) is 16.9 Å². The second kappa shape index (κ2) is 6.07. The molecular formula is C26H32N2O. The zero-order chi connectivity index (χ0) is 19.8. The molecule has 0 amide bonds.